The SMILES string of the molecule is CC(C(=O)N(Cc1ccccc1C(F)(F)F)C1CC1)C1CNC1. The second-order valence-electron chi connectivity index (χ2n) is 6.56. The topological polar surface area (TPSA) is 32.3 Å². The van der Waals surface area contributed by atoms with Crippen molar-refractivity contribution in [1.82, 2.24) is 10.2 Å². The van der Waals surface area contributed by atoms with Crippen LogP contribution in [0.4, 0.5) is 13.2 Å². The summed E-state index contributed by atoms with van der Waals surface area (Å²) in [5, 5.41) is 3.14. The number of alkyl halides is 3. The van der Waals surface area contributed by atoms with E-state index in [1.54, 1.807) is 11.0 Å². The smallest absolute Gasteiger partial charge is 0.335 e. The van der Waals surface area contributed by atoms with Gasteiger partial charge in [0, 0.05) is 18.5 Å². The van der Waals surface area contributed by atoms with Crippen molar-refractivity contribution < 1.29 is 18.0 Å². The molecule has 3 nitrogen and oxygen atoms in total. The van der Waals surface area contributed by atoms with Crippen molar-refractivity contribution in [1.29, 1.82) is 0 Å². The molecule has 2 fully saturated rings. The molecule has 1 N–H and O–H groups in total. The van der Waals surface area contributed by atoms with Crippen molar-refractivity contribution in [2.45, 2.75) is 38.5 Å². The summed E-state index contributed by atoms with van der Waals surface area (Å²) >= 11 is 0. The predicted molar refractivity (Wildman–Crippen MR) is 80.5 cm³/mol. The van der Waals surface area contributed by atoms with Crippen LogP contribution in [0.2, 0.25) is 0 Å². The number of hydrogen-bond donors (Lipinski definition) is 1. The first-order valence-electron chi connectivity index (χ1n) is 8.04. The number of nitrogens with zero attached hydrogens (tertiary/aromatic N) is 1. The molecule has 23 heavy (non-hydrogen) atoms. The fourth-order valence-electron chi connectivity index (χ4n) is 3.02. The number of rotatable bonds is 5. The summed E-state index contributed by atoms with van der Waals surface area (Å²) in [6, 6.07) is 5.64. The predicted octanol–water partition coefficient (Wildman–Crippen LogP) is 3.05. The minimum absolute atomic E-state index is 0.0176. The molecule has 1 saturated heterocycles. The van der Waals surface area contributed by atoms with E-state index in [0.29, 0.717) is 5.92 Å². The molecule has 1 aliphatic carbocycles. The zero-order valence-electron chi connectivity index (χ0n) is 13.1. The molecule has 3 rings (SSSR count). The first kappa shape index (κ1) is 16.3. The van der Waals surface area contributed by atoms with Gasteiger partial charge in [-0.1, -0.05) is 25.1 Å². The first-order valence-corrected chi connectivity index (χ1v) is 8.04. The molecule has 1 amide bonds. The van der Waals surface area contributed by atoms with Crippen molar-refractivity contribution >= 4 is 5.91 Å². The van der Waals surface area contributed by atoms with Gasteiger partial charge in [0.15, 0.2) is 0 Å². The van der Waals surface area contributed by atoms with Gasteiger partial charge in [0.25, 0.3) is 0 Å². The highest BCUT2D eigenvalue weighted by Crippen LogP contribution is 2.36. The molecule has 1 aromatic carbocycles. The van der Waals surface area contributed by atoms with Crippen LogP contribution in [0.25, 0.3) is 0 Å². The van der Waals surface area contributed by atoms with Crippen molar-refractivity contribution in [3.63, 3.8) is 0 Å². The average Bonchev–Trinajstić information content (AvgIpc) is 3.26. The number of hydrogen-bond acceptors (Lipinski definition) is 2. The molecule has 6 heteroatoms. The van der Waals surface area contributed by atoms with Crippen LogP contribution in [0.15, 0.2) is 24.3 Å². The van der Waals surface area contributed by atoms with E-state index in [1.165, 1.54) is 12.1 Å². The molecule has 126 valence electrons. The summed E-state index contributed by atoms with van der Waals surface area (Å²) in [7, 11) is 0. The zero-order chi connectivity index (χ0) is 16.6. The quantitative estimate of drug-likeness (QED) is 0.902. The van der Waals surface area contributed by atoms with E-state index in [-0.39, 0.29) is 30.0 Å². The van der Waals surface area contributed by atoms with Crippen molar-refractivity contribution in [2.24, 2.45) is 11.8 Å². The molecule has 0 spiro atoms. The molecule has 0 bridgehead atoms. The maximum Gasteiger partial charge on any atom is 0.416 e. The van der Waals surface area contributed by atoms with Crippen LogP contribution in [-0.4, -0.2) is 29.9 Å². The molecule has 1 unspecified atom stereocenters. The summed E-state index contributed by atoms with van der Waals surface area (Å²) < 4.78 is 39.5. The van der Waals surface area contributed by atoms with Crippen LogP contribution in [-0.2, 0) is 17.5 Å². The van der Waals surface area contributed by atoms with Gasteiger partial charge in [-0.2, -0.15) is 13.2 Å². The van der Waals surface area contributed by atoms with Gasteiger partial charge >= 0.3 is 6.18 Å². The Morgan fingerprint density at radius 3 is 2.48 bits per heavy atom. The van der Waals surface area contributed by atoms with Crippen LogP contribution in [0, 0.1) is 11.8 Å². The van der Waals surface area contributed by atoms with E-state index < -0.39 is 11.7 Å². The van der Waals surface area contributed by atoms with Gasteiger partial charge in [-0.3, -0.25) is 4.79 Å². The molecular weight excluding hydrogens is 305 g/mol. The van der Waals surface area contributed by atoms with Gasteiger partial charge in [0.2, 0.25) is 5.91 Å². The summed E-state index contributed by atoms with van der Waals surface area (Å²) in [6.45, 7) is 3.55. The lowest BCUT2D eigenvalue weighted by molar-refractivity contribution is -0.142. The Morgan fingerprint density at radius 2 is 1.96 bits per heavy atom. The molecule has 1 heterocycles. The minimum atomic E-state index is -4.39. The normalized spacial score (nSPS) is 20.0. The van der Waals surface area contributed by atoms with E-state index in [9.17, 15) is 18.0 Å². The highest BCUT2D eigenvalue weighted by Gasteiger charge is 2.40. The van der Waals surface area contributed by atoms with E-state index in [1.807, 2.05) is 6.92 Å². The number of amides is 1. The van der Waals surface area contributed by atoms with Crippen molar-refractivity contribution in [2.75, 3.05) is 13.1 Å². The largest absolute Gasteiger partial charge is 0.416 e. The second kappa shape index (κ2) is 6.15. The standard InChI is InChI=1S/C17H21F3N2O/c1-11(13-8-21-9-13)16(23)22(14-6-7-14)10-12-4-2-3-5-15(12)17(18,19)20/h2-5,11,13-14,21H,6-10H2,1H3. The van der Waals surface area contributed by atoms with E-state index >= 15 is 0 Å². The maximum absolute atomic E-state index is 13.2. The average molecular weight is 326 g/mol. The molecule has 1 atom stereocenters. The van der Waals surface area contributed by atoms with Crippen molar-refractivity contribution in [3.8, 4) is 0 Å². The van der Waals surface area contributed by atoms with Gasteiger partial charge < -0.3 is 10.2 Å². The molecule has 1 aliphatic heterocycles. The number of halogens is 3. The van der Waals surface area contributed by atoms with Gasteiger partial charge in [0.1, 0.15) is 0 Å². The molecule has 0 aromatic heterocycles. The van der Waals surface area contributed by atoms with Crippen molar-refractivity contribution in [3.05, 3.63) is 35.4 Å². The Balaban J connectivity index is 1.79. The highest BCUT2D eigenvalue weighted by molar-refractivity contribution is 5.79. The van der Waals surface area contributed by atoms with Gasteiger partial charge in [-0.05, 0) is 43.5 Å². The Hall–Kier alpha value is -1.56. The van der Waals surface area contributed by atoms with E-state index in [4.69, 9.17) is 0 Å². The molecule has 2 aliphatic rings. The fourth-order valence-corrected chi connectivity index (χ4v) is 3.02. The lowest BCUT2D eigenvalue weighted by Crippen LogP contribution is -2.50. The third-order valence-electron chi connectivity index (χ3n) is 4.84. The summed E-state index contributed by atoms with van der Waals surface area (Å²) in [5.41, 5.74) is -0.462. The second-order valence-corrected chi connectivity index (χ2v) is 6.56. The van der Waals surface area contributed by atoms with Gasteiger partial charge in [-0.15, -0.1) is 0 Å². The number of nitrogens with one attached hydrogen (secondary N) is 1. The van der Waals surface area contributed by atoms with Crippen LogP contribution in [0.5, 0.6) is 0 Å². The van der Waals surface area contributed by atoms with Crippen LogP contribution in [0.3, 0.4) is 0 Å². The van der Waals surface area contributed by atoms with Crippen LogP contribution >= 0.6 is 0 Å². The monoisotopic (exact) mass is 326 g/mol. The Labute approximate surface area is 133 Å². The number of carbonyl (C=O) groups is 1. The van der Waals surface area contributed by atoms with E-state index in [0.717, 1.165) is 32.0 Å². The van der Waals surface area contributed by atoms with Crippen LogP contribution < -0.4 is 5.32 Å². The van der Waals surface area contributed by atoms with Crippen LogP contribution in [0.1, 0.15) is 30.9 Å². The third kappa shape index (κ3) is 3.52. The molecule has 1 aromatic rings. The molecular formula is C17H21F3N2O. The van der Waals surface area contributed by atoms with Gasteiger partial charge in [-0.25, -0.2) is 0 Å². The molecule has 1 saturated carbocycles. The Morgan fingerprint density at radius 1 is 1.30 bits per heavy atom. The lowest BCUT2D eigenvalue weighted by atomic mass is 9.87. The number of benzene rings is 1. The Kier molecular flexibility index (Phi) is 4.36. The zero-order valence-corrected chi connectivity index (χ0v) is 13.1. The Bertz CT molecular complexity index is 579. The molecule has 0 radical (unpaired) electrons. The summed E-state index contributed by atoms with van der Waals surface area (Å²) in [5.74, 6) is 0.132. The summed E-state index contributed by atoms with van der Waals surface area (Å²) in [4.78, 5) is 14.4. The lowest BCUT2D eigenvalue weighted by Gasteiger charge is -2.35. The van der Waals surface area contributed by atoms with Gasteiger partial charge in [0.05, 0.1) is 5.56 Å². The van der Waals surface area contributed by atoms with E-state index in [2.05, 4.69) is 5.32 Å². The third-order valence-corrected chi connectivity index (χ3v) is 4.84. The maximum atomic E-state index is 13.2. The minimum Gasteiger partial charge on any atom is -0.335 e. The first-order chi connectivity index (χ1) is 10.9. The highest BCUT2D eigenvalue weighted by atomic mass is 19.4. The fraction of sp³-hybridized carbons (Fsp3) is 0.588. The number of carbonyl (C=O) groups excluding carboxylic acids is 1. The summed E-state index contributed by atoms with van der Waals surface area (Å²) in [6.07, 6.45) is -2.62.